The molecule has 0 saturated heterocycles. The summed E-state index contributed by atoms with van der Waals surface area (Å²) in [6.45, 7) is 6.40. The summed E-state index contributed by atoms with van der Waals surface area (Å²) in [5.74, 6) is -0.917. The Morgan fingerprint density at radius 2 is 0.506 bits per heavy atom. The molecule has 0 fully saturated rings. The fourth-order valence-electron chi connectivity index (χ4n) is 8.95. The number of hydrogen-bond donors (Lipinski definition) is 0. The van der Waals surface area contributed by atoms with Gasteiger partial charge in [-0.1, -0.05) is 271 Å². The first kappa shape index (κ1) is 73.1. The Morgan fingerprint density at radius 1 is 0.273 bits per heavy atom. The molecule has 0 bridgehead atoms. The lowest BCUT2D eigenvalue weighted by molar-refractivity contribution is -0.167. The first-order valence-electron chi connectivity index (χ1n) is 32.4. The van der Waals surface area contributed by atoms with E-state index in [2.05, 4.69) is 130 Å². The Bertz CT molecular complexity index is 1560. The number of carbonyl (C=O) groups excluding carboxylic acids is 3. The van der Waals surface area contributed by atoms with E-state index in [0.717, 1.165) is 116 Å². The van der Waals surface area contributed by atoms with Gasteiger partial charge in [0.1, 0.15) is 13.2 Å². The SMILES string of the molecule is CC/C=C\C/C=C\C/C=C\C/C=C\C/C=C\CCCCCCCCCCCCCCCC(=O)OCC(COC(=O)CCCCC/C=C\C/C=C\C/C=C\CC)OC(=O)CCCCCCCCC/C=C\CCCCCCCC. The summed E-state index contributed by atoms with van der Waals surface area (Å²) in [6.07, 6.45) is 88.2. The number of carbonyl (C=O) groups is 3. The van der Waals surface area contributed by atoms with E-state index < -0.39 is 6.10 Å². The molecule has 0 radical (unpaired) electrons. The fraction of sp³-hybridized carbons (Fsp3) is 0.704. The monoisotopic (exact) mass is 1070 g/mol. The zero-order valence-corrected chi connectivity index (χ0v) is 50.4. The number of hydrogen-bond acceptors (Lipinski definition) is 6. The van der Waals surface area contributed by atoms with Crippen LogP contribution in [0.3, 0.4) is 0 Å². The van der Waals surface area contributed by atoms with Crippen LogP contribution < -0.4 is 0 Å². The van der Waals surface area contributed by atoms with Gasteiger partial charge in [-0.2, -0.15) is 0 Å². The highest BCUT2D eigenvalue weighted by molar-refractivity contribution is 5.71. The largest absolute Gasteiger partial charge is 0.462 e. The standard InChI is InChI=1S/C71H120O6/c1-4-7-10-13-16-19-22-25-27-29-30-31-32-33-34-35-36-37-38-39-40-42-43-46-49-52-55-58-61-64-70(73)76-67-68(66-75-69(72)63-60-57-54-51-48-45-24-21-18-15-12-9-6-3)77-71(74)65-62-59-56-53-50-47-44-41-28-26-23-20-17-14-11-8-5-2/h7,9-10,12,16,18-19,21,25-28,30-31,33-34,45,48,68H,4-6,8,11,13-15,17,20,22-24,29,32,35-44,46-47,49-67H2,1-3H3/b10-7-,12-9-,19-16-,21-18-,27-25-,28-26-,31-30-,34-33-,48-45-. The van der Waals surface area contributed by atoms with Gasteiger partial charge in [0, 0.05) is 19.3 Å². The average Bonchev–Trinajstić information content (AvgIpc) is 3.43. The second-order valence-corrected chi connectivity index (χ2v) is 21.3. The van der Waals surface area contributed by atoms with Gasteiger partial charge in [-0.3, -0.25) is 14.4 Å². The molecule has 0 aromatic rings. The summed E-state index contributed by atoms with van der Waals surface area (Å²) in [6, 6.07) is 0. The van der Waals surface area contributed by atoms with Crippen LogP contribution in [0.1, 0.15) is 303 Å². The van der Waals surface area contributed by atoms with Crippen molar-refractivity contribution in [3.8, 4) is 0 Å². The van der Waals surface area contributed by atoms with Gasteiger partial charge in [-0.15, -0.1) is 0 Å². The molecule has 0 heterocycles. The van der Waals surface area contributed by atoms with E-state index in [0.29, 0.717) is 19.3 Å². The molecule has 6 nitrogen and oxygen atoms in total. The van der Waals surface area contributed by atoms with Gasteiger partial charge in [0.05, 0.1) is 0 Å². The van der Waals surface area contributed by atoms with Crippen molar-refractivity contribution in [1.29, 1.82) is 0 Å². The summed E-state index contributed by atoms with van der Waals surface area (Å²) in [5, 5.41) is 0. The van der Waals surface area contributed by atoms with E-state index in [1.807, 2.05) is 0 Å². The summed E-state index contributed by atoms with van der Waals surface area (Å²) in [4.78, 5) is 38.3. The van der Waals surface area contributed by atoms with E-state index in [1.54, 1.807) is 0 Å². The van der Waals surface area contributed by atoms with E-state index >= 15 is 0 Å². The minimum atomic E-state index is -0.794. The van der Waals surface area contributed by atoms with Crippen molar-refractivity contribution in [3.05, 3.63) is 109 Å². The third-order valence-electron chi connectivity index (χ3n) is 13.7. The molecule has 0 amide bonds. The second-order valence-electron chi connectivity index (χ2n) is 21.3. The third-order valence-corrected chi connectivity index (χ3v) is 13.7. The maximum absolute atomic E-state index is 12.9. The minimum Gasteiger partial charge on any atom is -0.462 e. The molecule has 77 heavy (non-hydrogen) atoms. The van der Waals surface area contributed by atoms with Gasteiger partial charge >= 0.3 is 17.9 Å². The van der Waals surface area contributed by atoms with Gasteiger partial charge in [-0.25, -0.2) is 0 Å². The number of rotatable bonds is 58. The predicted octanol–water partition coefficient (Wildman–Crippen LogP) is 22.2. The molecule has 440 valence electrons. The molecule has 1 unspecified atom stereocenters. The van der Waals surface area contributed by atoms with Crippen LogP contribution in [0.2, 0.25) is 0 Å². The number of unbranched alkanes of at least 4 members (excludes halogenated alkanes) is 29. The average molecular weight is 1070 g/mol. The Morgan fingerprint density at radius 3 is 0.818 bits per heavy atom. The molecule has 0 aromatic heterocycles. The van der Waals surface area contributed by atoms with Gasteiger partial charge in [0.15, 0.2) is 6.10 Å². The van der Waals surface area contributed by atoms with Crippen LogP contribution in [0.5, 0.6) is 0 Å². The van der Waals surface area contributed by atoms with Crippen LogP contribution in [0.4, 0.5) is 0 Å². The van der Waals surface area contributed by atoms with Gasteiger partial charge in [0.2, 0.25) is 0 Å². The second kappa shape index (κ2) is 64.6. The molecule has 0 spiro atoms. The summed E-state index contributed by atoms with van der Waals surface area (Å²) < 4.78 is 16.9. The maximum atomic E-state index is 12.9. The van der Waals surface area contributed by atoms with E-state index in [4.69, 9.17) is 14.2 Å². The van der Waals surface area contributed by atoms with Crippen LogP contribution in [-0.4, -0.2) is 37.2 Å². The van der Waals surface area contributed by atoms with Crippen molar-refractivity contribution in [2.75, 3.05) is 13.2 Å². The molecule has 0 saturated carbocycles. The number of allylic oxidation sites excluding steroid dienone is 18. The van der Waals surface area contributed by atoms with Gasteiger partial charge in [0.25, 0.3) is 0 Å². The van der Waals surface area contributed by atoms with Crippen molar-refractivity contribution in [2.45, 2.75) is 309 Å². The fourth-order valence-corrected chi connectivity index (χ4v) is 8.95. The van der Waals surface area contributed by atoms with Crippen LogP contribution in [0.15, 0.2) is 109 Å². The molecule has 0 aliphatic rings. The molecule has 0 aliphatic heterocycles. The molecular weight excluding hydrogens is 949 g/mol. The quantitative estimate of drug-likeness (QED) is 0.0261. The summed E-state index contributed by atoms with van der Waals surface area (Å²) in [5.41, 5.74) is 0. The first-order chi connectivity index (χ1) is 38.0. The highest BCUT2D eigenvalue weighted by atomic mass is 16.6. The van der Waals surface area contributed by atoms with E-state index in [1.165, 1.54) is 148 Å². The molecule has 0 rings (SSSR count). The first-order valence-corrected chi connectivity index (χ1v) is 32.4. The zero-order chi connectivity index (χ0) is 55.7. The molecule has 0 N–H and O–H groups in total. The summed E-state index contributed by atoms with van der Waals surface area (Å²) >= 11 is 0. The van der Waals surface area contributed by atoms with Crippen LogP contribution in [0.25, 0.3) is 0 Å². The lowest BCUT2D eigenvalue weighted by atomic mass is 10.0. The van der Waals surface area contributed by atoms with Crippen molar-refractivity contribution in [2.24, 2.45) is 0 Å². The van der Waals surface area contributed by atoms with E-state index in [-0.39, 0.29) is 31.1 Å². The van der Waals surface area contributed by atoms with Crippen molar-refractivity contribution in [3.63, 3.8) is 0 Å². The molecule has 1 atom stereocenters. The lowest BCUT2D eigenvalue weighted by Gasteiger charge is -2.18. The maximum Gasteiger partial charge on any atom is 0.306 e. The molecule has 0 aromatic carbocycles. The third kappa shape index (κ3) is 62.8. The Labute approximate surface area is 476 Å². The Balaban J connectivity index is 4.27. The Kier molecular flexibility index (Phi) is 61.3. The smallest absolute Gasteiger partial charge is 0.306 e. The van der Waals surface area contributed by atoms with Crippen LogP contribution >= 0.6 is 0 Å². The Hall–Kier alpha value is -3.93. The normalized spacial score (nSPS) is 12.8. The zero-order valence-electron chi connectivity index (χ0n) is 50.4. The van der Waals surface area contributed by atoms with Crippen LogP contribution in [0, 0.1) is 0 Å². The molecule has 6 heteroatoms. The topological polar surface area (TPSA) is 78.9 Å². The van der Waals surface area contributed by atoms with Crippen molar-refractivity contribution < 1.29 is 28.6 Å². The predicted molar refractivity (Wildman–Crippen MR) is 334 cm³/mol. The molecular formula is C71H120O6. The number of esters is 3. The van der Waals surface area contributed by atoms with Gasteiger partial charge in [-0.05, 0) is 122 Å². The highest BCUT2D eigenvalue weighted by Gasteiger charge is 2.19. The summed E-state index contributed by atoms with van der Waals surface area (Å²) in [7, 11) is 0. The minimum absolute atomic E-state index is 0.0891. The lowest BCUT2D eigenvalue weighted by Crippen LogP contribution is -2.30. The van der Waals surface area contributed by atoms with E-state index in [9.17, 15) is 14.4 Å². The van der Waals surface area contributed by atoms with Crippen molar-refractivity contribution >= 4 is 17.9 Å². The number of ether oxygens (including phenoxy) is 3. The highest BCUT2D eigenvalue weighted by Crippen LogP contribution is 2.16. The van der Waals surface area contributed by atoms with Crippen molar-refractivity contribution in [1.82, 2.24) is 0 Å². The van der Waals surface area contributed by atoms with Gasteiger partial charge < -0.3 is 14.2 Å². The van der Waals surface area contributed by atoms with Crippen LogP contribution in [-0.2, 0) is 28.6 Å². The molecule has 0 aliphatic carbocycles.